The van der Waals surface area contributed by atoms with Crippen molar-refractivity contribution in [2.45, 2.75) is 24.0 Å². The molecule has 108 valence electrons. The molecular formula is C12H13FN2O3S2. The maximum atomic E-state index is 12.8. The van der Waals surface area contributed by atoms with E-state index < -0.39 is 15.8 Å². The first-order valence-electron chi connectivity index (χ1n) is 5.93. The molecule has 0 aliphatic carbocycles. The van der Waals surface area contributed by atoms with E-state index in [9.17, 15) is 17.6 Å². The average molecular weight is 316 g/mol. The van der Waals surface area contributed by atoms with Gasteiger partial charge in [0.25, 0.3) is 10.0 Å². The fourth-order valence-corrected chi connectivity index (χ4v) is 3.96. The van der Waals surface area contributed by atoms with E-state index in [1.54, 1.807) is 13.8 Å². The van der Waals surface area contributed by atoms with Crippen LogP contribution in [0.1, 0.15) is 13.8 Å². The van der Waals surface area contributed by atoms with E-state index in [2.05, 4.69) is 4.40 Å². The number of halogens is 1. The minimum absolute atomic E-state index is 0.102. The van der Waals surface area contributed by atoms with Crippen LogP contribution >= 0.6 is 11.8 Å². The van der Waals surface area contributed by atoms with Gasteiger partial charge in [-0.1, -0.05) is 11.8 Å². The van der Waals surface area contributed by atoms with Crippen LogP contribution < -0.4 is 0 Å². The van der Waals surface area contributed by atoms with Gasteiger partial charge in [-0.15, -0.1) is 4.40 Å². The van der Waals surface area contributed by atoms with Crippen LogP contribution in [0.3, 0.4) is 0 Å². The first kappa shape index (κ1) is 15.0. The number of thioether (sulfide) groups is 1. The second-order valence-electron chi connectivity index (χ2n) is 4.15. The predicted octanol–water partition coefficient (Wildman–Crippen LogP) is 1.85. The third-order valence-electron chi connectivity index (χ3n) is 2.75. The highest BCUT2D eigenvalue weighted by Crippen LogP contribution is 2.28. The Bertz CT molecular complexity index is 656. The van der Waals surface area contributed by atoms with E-state index in [1.807, 2.05) is 0 Å². The van der Waals surface area contributed by atoms with Gasteiger partial charge in [0.1, 0.15) is 5.82 Å². The summed E-state index contributed by atoms with van der Waals surface area (Å²) in [6, 6.07) is 4.41. The molecule has 1 aliphatic rings. The van der Waals surface area contributed by atoms with Crippen molar-refractivity contribution in [1.29, 1.82) is 0 Å². The molecule has 1 fully saturated rings. The van der Waals surface area contributed by atoms with E-state index >= 15 is 0 Å². The number of amides is 1. The summed E-state index contributed by atoms with van der Waals surface area (Å²) in [5, 5.41) is -0.188. The number of hydrogen-bond donors (Lipinski definition) is 0. The Kier molecular flexibility index (Phi) is 4.14. The summed E-state index contributed by atoms with van der Waals surface area (Å²) in [5.41, 5.74) is 0. The Morgan fingerprint density at radius 3 is 2.50 bits per heavy atom. The molecule has 0 bridgehead atoms. The average Bonchev–Trinajstić information content (AvgIpc) is 2.64. The Morgan fingerprint density at radius 2 is 1.95 bits per heavy atom. The minimum Gasteiger partial charge on any atom is -0.290 e. The molecule has 8 heteroatoms. The highest BCUT2D eigenvalue weighted by molar-refractivity contribution is 8.16. The van der Waals surface area contributed by atoms with E-state index in [4.69, 9.17) is 0 Å². The lowest BCUT2D eigenvalue weighted by molar-refractivity contribution is -0.125. The molecule has 1 aliphatic heterocycles. The van der Waals surface area contributed by atoms with Crippen LogP contribution in [-0.4, -0.2) is 36.2 Å². The van der Waals surface area contributed by atoms with Gasteiger partial charge in [-0.05, 0) is 38.1 Å². The van der Waals surface area contributed by atoms with Crippen LogP contribution in [0.15, 0.2) is 33.6 Å². The Balaban J connectivity index is 2.38. The quantitative estimate of drug-likeness (QED) is 0.853. The number of nitrogens with zero attached hydrogens (tertiary/aromatic N) is 2. The Hall–Kier alpha value is -1.41. The third kappa shape index (κ3) is 2.85. The van der Waals surface area contributed by atoms with E-state index in [1.165, 1.54) is 4.90 Å². The number of sulfonamides is 1. The maximum absolute atomic E-state index is 12.8. The second kappa shape index (κ2) is 5.53. The van der Waals surface area contributed by atoms with Gasteiger partial charge >= 0.3 is 0 Å². The summed E-state index contributed by atoms with van der Waals surface area (Å²) in [7, 11) is -3.94. The summed E-state index contributed by atoms with van der Waals surface area (Å²) in [4.78, 5) is 13.0. The molecule has 2 rings (SSSR count). The molecule has 0 spiro atoms. The fraction of sp³-hybridized carbons (Fsp3) is 0.333. The first-order chi connectivity index (χ1) is 9.35. The van der Waals surface area contributed by atoms with Gasteiger partial charge in [-0.3, -0.25) is 9.69 Å². The Morgan fingerprint density at radius 1 is 1.35 bits per heavy atom. The number of amidine groups is 1. The fourth-order valence-electron chi connectivity index (χ4n) is 1.71. The van der Waals surface area contributed by atoms with Crippen LogP contribution in [0.2, 0.25) is 0 Å². The van der Waals surface area contributed by atoms with Crippen molar-refractivity contribution < 1.29 is 17.6 Å². The summed E-state index contributed by atoms with van der Waals surface area (Å²) in [6.45, 7) is 3.80. The number of carbonyl (C=O) groups excluding carboxylic acids is 1. The lowest BCUT2D eigenvalue weighted by Gasteiger charge is -2.12. The topological polar surface area (TPSA) is 66.8 Å². The van der Waals surface area contributed by atoms with E-state index in [0.29, 0.717) is 6.54 Å². The van der Waals surface area contributed by atoms with Crippen molar-refractivity contribution in [3.63, 3.8) is 0 Å². The monoisotopic (exact) mass is 316 g/mol. The summed E-state index contributed by atoms with van der Waals surface area (Å²) >= 11 is 1.10. The molecule has 0 aromatic heterocycles. The van der Waals surface area contributed by atoms with E-state index in [0.717, 1.165) is 36.0 Å². The molecule has 1 unspecified atom stereocenters. The molecule has 1 aromatic rings. The van der Waals surface area contributed by atoms with Crippen LogP contribution in [0.5, 0.6) is 0 Å². The molecule has 20 heavy (non-hydrogen) atoms. The Labute approximate surface area is 120 Å². The summed E-state index contributed by atoms with van der Waals surface area (Å²) in [6.07, 6.45) is 0. The number of hydrogen-bond acceptors (Lipinski definition) is 4. The normalized spacial score (nSPS) is 21.8. The van der Waals surface area contributed by atoms with Crippen LogP contribution in [-0.2, 0) is 14.8 Å². The van der Waals surface area contributed by atoms with E-state index in [-0.39, 0.29) is 21.2 Å². The van der Waals surface area contributed by atoms with Crippen molar-refractivity contribution in [3.8, 4) is 0 Å². The maximum Gasteiger partial charge on any atom is 0.284 e. The second-order valence-corrected chi connectivity index (χ2v) is 7.06. The van der Waals surface area contributed by atoms with Crippen LogP contribution in [0.25, 0.3) is 0 Å². The molecular weight excluding hydrogens is 303 g/mol. The van der Waals surface area contributed by atoms with Crippen molar-refractivity contribution in [2.75, 3.05) is 6.54 Å². The van der Waals surface area contributed by atoms with Crippen molar-refractivity contribution >= 4 is 32.9 Å². The van der Waals surface area contributed by atoms with Gasteiger partial charge in [-0.25, -0.2) is 4.39 Å². The summed E-state index contributed by atoms with van der Waals surface area (Å²) < 4.78 is 40.7. The SMILES string of the molecule is CCN1C(=O)C(C)S/C1=N/S(=O)(=O)c1ccc(F)cc1. The van der Waals surface area contributed by atoms with Gasteiger partial charge in [0, 0.05) is 6.54 Å². The highest BCUT2D eigenvalue weighted by atomic mass is 32.2. The largest absolute Gasteiger partial charge is 0.290 e. The standard InChI is InChI=1S/C12H13FN2O3S2/c1-3-15-11(16)8(2)19-12(15)14-20(17,18)10-6-4-9(13)5-7-10/h4-8H,3H2,1-2H3/b14-12+. The lowest BCUT2D eigenvalue weighted by atomic mass is 10.4. The zero-order valence-corrected chi connectivity index (χ0v) is 12.5. The van der Waals surface area contributed by atoms with Crippen molar-refractivity contribution in [1.82, 2.24) is 4.90 Å². The number of benzene rings is 1. The van der Waals surface area contributed by atoms with Gasteiger partial charge in [-0.2, -0.15) is 8.42 Å². The van der Waals surface area contributed by atoms with Gasteiger partial charge in [0.05, 0.1) is 10.1 Å². The zero-order valence-electron chi connectivity index (χ0n) is 10.9. The molecule has 0 saturated carbocycles. The molecule has 0 radical (unpaired) electrons. The molecule has 1 heterocycles. The minimum atomic E-state index is -3.94. The third-order valence-corrected chi connectivity index (χ3v) is 5.23. The molecule has 0 N–H and O–H groups in total. The zero-order chi connectivity index (χ0) is 14.9. The van der Waals surface area contributed by atoms with Crippen molar-refractivity contribution in [2.24, 2.45) is 4.40 Å². The smallest absolute Gasteiger partial charge is 0.284 e. The van der Waals surface area contributed by atoms with Crippen molar-refractivity contribution in [3.05, 3.63) is 30.1 Å². The first-order valence-corrected chi connectivity index (χ1v) is 8.25. The molecule has 1 aromatic carbocycles. The molecule has 1 atom stereocenters. The van der Waals surface area contributed by atoms with Gasteiger partial charge < -0.3 is 0 Å². The molecule has 1 saturated heterocycles. The number of carbonyl (C=O) groups is 1. The molecule has 1 amide bonds. The molecule has 5 nitrogen and oxygen atoms in total. The van der Waals surface area contributed by atoms with Crippen LogP contribution in [0.4, 0.5) is 4.39 Å². The lowest BCUT2D eigenvalue weighted by Crippen LogP contribution is -2.31. The van der Waals surface area contributed by atoms with Gasteiger partial charge in [0.2, 0.25) is 5.91 Å². The number of rotatable bonds is 3. The van der Waals surface area contributed by atoms with Crippen LogP contribution in [0, 0.1) is 5.82 Å². The summed E-state index contributed by atoms with van der Waals surface area (Å²) in [5.74, 6) is -0.684. The van der Waals surface area contributed by atoms with Gasteiger partial charge in [0.15, 0.2) is 5.17 Å². The highest BCUT2D eigenvalue weighted by Gasteiger charge is 2.35. The predicted molar refractivity (Wildman–Crippen MR) is 75.5 cm³/mol.